The second-order valence-electron chi connectivity index (χ2n) is 11.8. The van der Waals surface area contributed by atoms with Crippen LogP contribution in [0.2, 0.25) is 5.04 Å². The number of methoxy groups -OCH3 is 1. The molecule has 43 heavy (non-hydrogen) atoms. The lowest BCUT2D eigenvalue weighted by Crippen LogP contribution is -2.66. The van der Waals surface area contributed by atoms with Gasteiger partial charge in [-0.2, -0.15) is 0 Å². The Hall–Kier alpha value is -3.46. The minimum absolute atomic E-state index is 0.0387. The van der Waals surface area contributed by atoms with Gasteiger partial charge in [-0.1, -0.05) is 117 Å². The third kappa shape index (κ3) is 9.78. The standard InChI is InChI=1S/C35H48N2O5Si/c1-35(2,3)43(31-16-9-7-10-17-31,32-18-11-8-12-19-32)42-27-14-6-5-13-20-33(36-38)34(37-39)21-15-26-41-28-29-22-24-30(40-4)25-23-29/h7-12,16-19,22-25,38-39H,5-6,13-15,20-21,26-28H2,1-4H3/b36-33-,37-34-. The Balaban J connectivity index is 1.42. The lowest BCUT2D eigenvalue weighted by molar-refractivity contribution is 0.119. The first kappa shape index (κ1) is 34.0. The Morgan fingerprint density at radius 1 is 0.674 bits per heavy atom. The number of hydrogen-bond acceptors (Lipinski definition) is 7. The average Bonchev–Trinajstić information content (AvgIpc) is 3.03. The van der Waals surface area contributed by atoms with E-state index in [1.54, 1.807) is 7.11 Å². The Morgan fingerprint density at radius 3 is 1.72 bits per heavy atom. The molecule has 8 heteroatoms. The van der Waals surface area contributed by atoms with Crippen LogP contribution < -0.4 is 15.1 Å². The summed E-state index contributed by atoms with van der Waals surface area (Å²) in [5.41, 5.74) is 1.90. The van der Waals surface area contributed by atoms with Crippen LogP contribution in [0.3, 0.4) is 0 Å². The van der Waals surface area contributed by atoms with Crippen LogP contribution in [-0.4, -0.2) is 50.5 Å². The fourth-order valence-electron chi connectivity index (χ4n) is 5.49. The van der Waals surface area contributed by atoms with E-state index in [0.717, 1.165) is 37.0 Å². The molecule has 0 saturated carbocycles. The maximum atomic E-state index is 9.58. The van der Waals surface area contributed by atoms with Crippen molar-refractivity contribution in [1.82, 2.24) is 0 Å². The van der Waals surface area contributed by atoms with Gasteiger partial charge in [-0.25, -0.2) is 0 Å². The Morgan fingerprint density at radius 2 is 1.21 bits per heavy atom. The van der Waals surface area contributed by atoms with Gasteiger partial charge in [-0.3, -0.25) is 0 Å². The van der Waals surface area contributed by atoms with E-state index in [1.807, 2.05) is 24.3 Å². The molecule has 0 aliphatic carbocycles. The van der Waals surface area contributed by atoms with Crippen LogP contribution in [0.15, 0.2) is 95.2 Å². The summed E-state index contributed by atoms with van der Waals surface area (Å²) in [5.74, 6) is 0.812. The highest BCUT2D eigenvalue weighted by atomic mass is 28.4. The molecule has 7 nitrogen and oxygen atoms in total. The summed E-state index contributed by atoms with van der Waals surface area (Å²) in [7, 11) is -0.873. The molecule has 3 aromatic rings. The molecule has 0 spiro atoms. The molecular formula is C35H48N2O5Si. The lowest BCUT2D eigenvalue weighted by atomic mass is 10.0. The van der Waals surface area contributed by atoms with Crippen molar-refractivity contribution in [2.24, 2.45) is 10.3 Å². The van der Waals surface area contributed by atoms with E-state index in [2.05, 4.69) is 91.7 Å². The molecule has 232 valence electrons. The van der Waals surface area contributed by atoms with Crippen LogP contribution in [0.4, 0.5) is 0 Å². The second-order valence-corrected chi connectivity index (χ2v) is 16.1. The monoisotopic (exact) mass is 604 g/mol. The number of unbranched alkanes of at least 4 members (excludes halogenated alkanes) is 3. The summed E-state index contributed by atoms with van der Waals surface area (Å²) in [5, 5.41) is 28.5. The molecule has 2 N–H and O–H groups in total. The number of benzene rings is 3. The molecule has 0 saturated heterocycles. The summed E-state index contributed by atoms with van der Waals surface area (Å²) in [6.45, 7) is 8.58. The summed E-state index contributed by atoms with van der Waals surface area (Å²) in [6, 6.07) is 29.2. The van der Waals surface area contributed by atoms with Crippen molar-refractivity contribution >= 4 is 30.1 Å². The number of ether oxygens (including phenoxy) is 2. The van der Waals surface area contributed by atoms with Crippen molar-refractivity contribution in [1.29, 1.82) is 0 Å². The zero-order valence-electron chi connectivity index (χ0n) is 26.2. The first-order valence-electron chi connectivity index (χ1n) is 15.2. The summed E-state index contributed by atoms with van der Waals surface area (Å²) in [4.78, 5) is 0. The second kappa shape index (κ2) is 17.6. The van der Waals surface area contributed by atoms with Crippen LogP contribution in [0, 0.1) is 0 Å². The predicted octanol–water partition coefficient (Wildman–Crippen LogP) is 7.18. The first-order valence-corrected chi connectivity index (χ1v) is 17.1. The van der Waals surface area contributed by atoms with Crippen molar-refractivity contribution < 1.29 is 24.3 Å². The van der Waals surface area contributed by atoms with Gasteiger partial charge in [0.25, 0.3) is 8.32 Å². The van der Waals surface area contributed by atoms with Crippen LogP contribution in [0.5, 0.6) is 5.75 Å². The fraction of sp³-hybridized carbons (Fsp3) is 0.429. The molecular weight excluding hydrogens is 556 g/mol. The van der Waals surface area contributed by atoms with E-state index >= 15 is 0 Å². The van der Waals surface area contributed by atoms with Gasteiger partial charge in [-0.05, 0) is 65.2 Å². The zero-order chi connectivity index (χ0) is 31.0. The van der Waals surface area contributed by atoms with Crippen LogP contribution in [-0.2, 0) is 15.8 Å². The molecule has 0 atom stereocenters. The van der Waals surface area contributed by atoms with Gasteiger partial charge < -0.3 is 24.3 Å². The van der Waals surface area contributed by atoms with Crippen molar-refractivity contribution in [3.63, 3.8) is 0 Å². The number of hydrogen-bond donors (Lipinski definition) is 2. The highest BCUT2D eigenvalue weighted by Crippen LogP contribution is 2.36. The Kier molecular flexibility index (Phi) is 13.9. The predicted molar refractivity (Wildman–Crippen MR) is 177 cm³/mol. The maximum Gasteiger partial charge on any atom is 0.261 e. The highest BCUT2D eigenvalue weighted by Gasteiger charge is 2.49. The molecule has 0 unspecified atom stereocenters. The molecule has 0 aliphatic heterocycles. The Bertz CT molecular complexity index is 1220. The SMILES string of the molecule is COc1ccc(COCCCC(=N/O)/C(CCCCCCO[Si](c2ccccc2)(c2ccccc2)C(C)(C)C)=N\O)cc1. The maximum absolute atomic E-state index is 9.58. The van der Waals surface area contributed by atoms with Crippen LogP contribution >= 0.6 is 0 Å². The molecule has 0 bridgehead atoms. The molecule has 0 aromatic heterocycles. The van der Waals surface area contributed by atoms with Gasteiger partial charge >= 0.3 is 0 Å². The van der Waals surface area contributed by atoms with Crippen LogP contribution in [0.1, 0.15) is 71.3 Å². The van der Waals surface area contributed by atoms with E-state index < -0.39 is 8.32 Å². The van der Waals surface area contributed by atoms with Gasteiger partial charge in [0.2, 0.25) is 0 Å². The summed E-state index contributed by atoms with van der Waals surface area (Å²) < 4.78 is 17.9. The third-order valence-electron chi connectivity index (χ3n) is 7.75. The number of rotatable bonds is 18. The van der Waals surface area contributed by atoms with Crippen molar-refractivity contribution in [3.8, 4) is 5.75 Å². The molecule has 3 aromatic carbocycles. The third-order valence-corrected chi connectivity index (χ3v) is 12.8. The van der Waals surface area contributed by atoms with E-state index in [-0.39, 0.29) is 5.04 Å². The average molecular weight is 605 g/mol. The lowest BCUT2D eigenvalue weighted by Gasteiger charge is -2.43. The van der Waals surface area contributed by atoms with E-state index in [0.29, 0.717) is 50.5 Å². The van der Waals surface area contributed by atoms with Crippen LogP contribution in [0.25, 0.3) is 0 Å². The molecule has 3 rings (SSSR count). The Labute approximate surface area is 258 Å². The molecule has 0 amide bonds. The quantitative estimate of drug-likeness (QED) is 0.0528. The van der Waals surface area contributed by atoms with Gasteiger partial charge in [0, 0.05) is 13.2 Å². The van der Waals surface area contributed by atoms with Gasteiger partial charge in [0.05, 0.1) is 13.7 Å². The van der Waals surface area contributed by atoms with Gasteiger partial charge in [0.1, 0.15) is 17.2 Å². The number of nitrogens with zero attached hydrogens (tertiary/aromatic N) is 2. The normalized spacial score (nSPS) is 12.8. The minimum atomic E-state index is -2.51. The summed E-state index contributed by atoms with van der Waals surface area (Å²) in [6.07, 6.45) is 5.44. The molecule has 0 heterocycles. The topological polar surface area (TPSA) is 92.9 Å². The highest BCUT2D eigenvalue weighted by molar-refractivity contribution is 6.99. The first-order chi connectivity index (χ1) is 20.9. The van der Waals surface area contributed by atoms with Crippen molar-refractivity contribution in [2.45, 2.75) is 77.4 Å². The minimum Gasteiger partial charge on any atom is -0.497 e. The van der Waals surface area contributed by atoms with Gasteiger partial charge in [0.15, 0.2) is 0 Å². The fourth-order valence-corrected chi connectivity index (χ4v) is 10.1. The van der Waals surface area contributed by atoms with Crippen molar-refractivity contribution in [3.05, 3.63) is 90.5 Å². The van der Waals surface area contributed by atoms with E-state index in [4.69, 9.17) is 13.9 Å². The van der Waals surface area contributed by atoms with E-state index in [1.165, 1.54) is 10.4 Å². The summed E-state index contributed by atoms with van der Waals surface area (Å²) >= 11 is 0. The molecule has 0 aliphatic rings. The molecule has 0 radical (unpaired) electrons. The zero-order valence-corrected chi connectivity index (χ0v) is 27.2. The number of oxime groups is 2. The smallest absolute Gasteiger partial charge is 0.261 e. The van der Waals surface area contributed by atoms with Gasteiger partial charge in [-0.15, -0.1) is 0 Å². The van der Waals surface area contributed by atoms with E-state index in [9.17, 15) is 10.4 Å². The van der Waals surface area contributed by atoms with Crippen molar-refractivity contribution in [2.75, 3.05) is 20.3 Å². The largest absolute Gasteiger partial charge is 0.497 e. The molecule has 0 fully saturated rings.